The topological polar surface area (TPSA) is 111 Å². The number of aliphatic hydroxyl groups excluding tert-OH is 2. The molecule has 7 nitrogen and oxygen atoms in total. The number of hydrogen-bond acceptors (Lipinski definition) is 6. The van der Waals surface area contributed by atoms with E-state index in [9.17, 15) is 19.8 Å². The molecule has 1 amide bonds. The van der Waals surface area contributed by atoms with Crippen LogP contribution in [0.1, 0.15) is 218 Å². The molecule has 7 heteroatoms. The normalized spacial score (nSPS) is 25.8. The quantitative estimate of drug-likeness (QED) is 0.0671. The molecule has 0 aromatic heterocycles. The summed E-state index contributed by atoms with van der Waals surface area (Å²) < 4.78 is 0. The van der Waals surface area contributed by atoms with Crippen LogP contribution in [0.2, 0.25) is 0 Å². The van der Waals surface area contributed by atoms with Crippen LogP contribution in [0.25, 0.3) is 11.4 Å². The molecule has 1 saturated carbocycles. The standard InChI is InChI=1S/C45H73N3O4.C3H8/c1-6-9-10-11-12-13-14-15-16-17-18-19-20-21-36(51)31-42(4)28-29-44(7-2,32-42)48-41(52)35-22-23-37(39-25-27-45(8-3,34-50)47-39)38(30-35)40-24-26-43(5,33-49)46-40;1-3-2/h22-25,30,46-47,49-50H,6-21,26-29,31-34H2,1-5H3,(H,48,52);3H2,1-2H3. The van der Waals surface area contributed by atoms with Gasteiger partial charge in [-0.1, -0.05) is 143 Å². The molecule has 55 heavy (non-hydrogen) atoms. The third-order valence-electron chi connectivity index (χ3n) is 12.7. The summed E-state index contributed by atoms with van der Waals surface area (Å²) >= 11 is 0. The van der Waals surface area contributed by atoms with E-state index in [-0.39, 0.29) is 35.6 Å². The highest BCUT2D eigenvalue weighted by Gasteiger charge is 2.46. The van der Waals surface area contributed by atoms with Gasteiger partial charge >= 0.3 is 0 Å². The average molecular weight is 764 g/mol. The Morgan fingerprint density at radius 2 is 1.29 bits per heavy atom. The molecule has 0 radical (unpaired) electrons. The highest BCUT2D eigenvalue weighted by molar-refractivity contribution is 5.97. The van der Waals surface area contributed by atoms with Gasteiger partial charge in [0.2, 0.25) is 0 Å². The number of nitrogens with one attached hydrogen (secondary N) is 3. The lowest BCUT2D eigenvalue weighted by Crippen LogP contribution is -2.47. The molecule has 2 heterocycles. The summed E-state index contributed by atoms with van der Waals surface area (Å²) in [7, 11) is 0. The Labute approximate surface area is 336 Å². The maximum Gasteiger partial charge on any atom is 0.251 e. The third kappa shape index (κ3) is 14.1. The Kier molecular flexibility index (Phi) is 19.5. The van der Waals surface area contributed by atoms with Crippen molar-refractivity contribution in [1.29, 1.82) is 0 Å². The lowest BCUT2D eigenvalue weighted by atomic mass is 9.79. The molecule has 1 fully saturated rings. The number of rotatable bonds is 24. The van der Waals surface area contributed by atoms with Crippen LogP contribution in [0.3, 0.4) is 0 Å². The van der Waals surface area contributed by atoms with Crippen molar-refractivity contribution < 1.29 is 19.8 Å². The molecule has 1 aromatic rings. The van der Waals surface area contributed by atoms with Crippen LogP contribution in [-0.4, -0.2) is 51.7 Å². The monoisotopic (exact) mass is 764 g/mol. The predicted molar refractivity (Wildman–Crippen MR) is 232 cm³/mol. The molecular formula is C48H81N3O4. The van der Waals surface area contributed by atoms with Gasteiger partial charge < -0.3 is 26.2 Å². The first-order chi connectivity index (χ1) is 26.4. The fraction of sp³-hybridized carbons (Fsp3) is 0.750. The van der Waals surface area contributed by atoms with E-state index in [1.807, 2.05) is 25.1 Å². The first kappa shape index (κ1) is 46.7. The van der Waals surface area contributed by atoms with E-state index >= 15 is 0 Å². The molecule has 0 bridgehead atoms. The van der Waals surface area contributed by atoms with Gasteiger partial charge in [0.15, 0.2) is 0 Å². The van der Waals surface area contributed by atoms with Crippen molar-refractivity contribution >= 4 is 23.1 Å². The summed E-state index contributed by atoms with van der Waals surface area (Å²) in [6.45, 7) is 15.1. The minimum atomic E-state index is -0.453. The largest absolute Gasteiger partial charge is 0.394 e. The van der Waals surface area contributed by atoms with Crippen molar-refractivity contribution in [2.75, 3.05) is 13.2 Å². The van der Waals surface area contributed by atoms with Gasteiger partial charge in [-0.3, -0.25) is 9.59 Å². The fourth-order valence-electron chi connectivity index (χ4n) is 8.89. The zero-order valence-electron chi connectivity index (χ0n) is 36.3. The number of amides is 1. The van der Waals surface area contributed by atoms with Gasteiger partial charge in [-0.2, -0.15) is 0 Å². The second kappa shape index (κ2) is 22.9. The summed E-state index contributed by atoms with van der Waals surface area (Å²) in [5, 5.41) is 30.7. The van der Waals surface area contributed by atoms with Crippen LogP contribution in [0.4, 0.5) is 0 Å². The van der Waals surface area contributed by atoms with E-state index in [4.69, 9.17) is 0 Å². The molecule has 4 unspecified atom stereocenters. The summed E-state index contributed by atoms with van der Waals surface area (Å²) in [6.07, 6.45) is 29.5. The Morgan fingerprint density at radius 3 is 1.82 bits per heavy atom. The van der Waals surface area contributed by atoms with Crippen LogP contribution in [0.15, 0.2) is 30.4 Å². The van der Waals surface area contributed by atoms with E-state index in [1.165, 1.54) is 77.0 Å². The highest BCUT2D eigenvalue weighted by Crippen LogP contribution is 2.48. The first-order valence-electron chi connectivity index (χ1n) is 22.6. The Hall–Kier alpha value is -2.64. The van der Waals surface area contributed by atoms with Gasteiger partial charge in [0, 0.05) is 46.5 Å². The van der Waals surface area contributed by atoms with Crippen LogP contribution in [0, 0.1) is 5.41 Å². The molecule has 5 N–H and O–H groups in total. The molecule has 312 valence electrons. The van der Waals surface area contributed by atoms with Crippen molar-refractivity contribution in [3.8, 4) is 0 Å². The highest BCUT2D eigenvalue weighted by atomic mass is 16.3. The Balaban J connectivity index is 0.00000262. The van der Waals surface area contributed by atoms with Gasteiger partial charge in [-0.25, -0.2) is 0 Å². The van der Waals surface area contributed by atoms with Crippen molar-refractivity contribution in [2.24, 2.45) is 5.41 Å². The molecule has 1 aliphatic carbocycles. The lowest BCUT2D eigenvalue weighted by molar-refractivity contribution is -0.121. The maximum absolute atomic E-state index is 14.0. The minimum Gasteiger partial charge on any atom is -0.394 e. The average Bonchev–Trinajstić information content (AvgIpc) is 3.89. The smallest absolute Gasteiger partial charge is 0.251 e. The van der Waals surface area contributed by atoms with Crippen molar-refractivity contribution in [3.63, 3.8) is 0 Å². The molecule has 0 spiro atoms. The zero-order valence-corrected chi connectivity index (χ0v) is 36.3. The van der Waals surface area contributed by atoms with E-state index in [0.717, 1.165) is 73.9 Å². The van der Waals surface area contributed by atoms with Crippen LogP contribution in [-0.2, 0) is 4.79 Å². The van der Waals surface area contributed by atoms with Gasteiger partial charge in [-0.15, -0.1) is 0 Å². The second-order valence-corrected chi connectivity index (χ2v) is 18.2. The van der Waals surface area contributed by atoms with Crippen LogP contribution in [0.5, 0.6) is 0 Å². The minimum absolute atomic E-state index is 0.00655. The van der Waals surface area contributed by atoms with E-state index in [1.54, 1.807) is 0 Å². The summed E-state index contributed by atoms with van der Waals surface area (Å²) in [5.74, 6) is 0.284. The predicted octanol–water partition coefficient (Wildman–Crippen LogP) is 11.2. The fourth-order valence-corrected chi connectivity index (χ4v) is 8.89. The van der Waals surface area contributed by atoms with Crippen molar-refractivity contribution in [2.45, 2.75) is 213 Å². The number of carbonyl (C=O) groups is 2. The number of unbranched alkanes of at least 4 members (excludes halogenated alkanes) is 12. The molecular weight excluding hydrogens is 683 g/mol. The van der Waals surface area contributed by atoms with Gasteiger partial charge in [0.1, 0.15) is 5.78 Å². The number of Topliss-reactive ketones (excluding diaryl/α,β-unsaturated/α-hetero) is 1. The van der Waals surface area contributed by atoms with E-state index in [2.05, 4.69) is 69.6 Å². The summed E-state index contributed by atoms with van der Waals surface area (Å²) in [4.78, 5) is 27.2. The van der Waals surface area contributed by atoms with Gasteiger partial charge in [0.05, 0.1) is 24.3 Å². The molecule has 4 atom stereocenters. The molecule has 2 aliphatic heterocycles. The summed E-state index contributed by atoms with van der Waals surface area (Å²) in [5.41, 5.74) is 3.08. The van der Waals surface area contributed by atoms with E-state index in [0.29, 0.717) is 30.6 Å². The number of carbonyl (C=O) groups excluding carboxylic acids is 2. The van der Waals surface area contributed by atoms with Crippen molar-refractivity contribution in [1.82, 2.24) is 16.0 Å². The molecule has 1 aromatic carbocycles. The number of benzene rings is 1. The van der Waals surface area contributed by atoms with Crippen LogP contribution >= 0.6 is 0 Å². The lowest BCUT2D eigenvalue weighted by Gasteiger charge is -2.32. The second-order valence-electron chi connectivity index (χ2n) is 18.2. The van der Waals surface area contributed by atoms with Crippen molar-refractivity contribution in [3.05, 3.63) is 47.0 Å². The Bertz CT molecular complexity index is 1400. The van der Waals surface area contributed by atoms with Crippen LogP contribution < -0.4 is 16.0 Å². The molecule has 3 aliphatic rings. The number of ketones is 1. The number of hydrogen-bond donors (Lipinski definition) is 5. The first-order valence-corrected chi connectivity index (χ1v) is 22.6. The molecule has 4 rings (SSSR count). The molecule has 0 saturated heterocycles. The number of aliphatic hydroxyl groups is 2. The zero-order chi connectivity index (χ0) is 40.4. The van der Waals surface area contributed by atoms with Gasteiger partial charge in [0.25, 0.3) is 5.91 Å². The third-order valence-corrected chi connectivity index (χ3v) is 12.7. The summed E-state index contributed by atoms with van der Waals surface area (Å²) in [6, 6.07) is 5.88. The maximum atomic E-state index is 14.0. The van der Waals surface area contributed by atoms with Gasteiger partial charge in [-0.05, 0) is 75.8 Å². The van der Waals surface area contributed by atoms with E-state index < -0.39 is 5.54 Å². The SMILES string of the molecule is CCC.CCCCCCCCCCCCCCCC(=O)CC1(C)CCC(CC)(NC(=O)c2ccc(C3=CCC(CC)(CO)N3)c(C3=CCC(C)(CO)N3)c2)C1. The Morgan fingerprint density at radius 1 is 0.709 bits per heavy atom.